The molecule has 0 amide bonds. The van der Waals surface area contributed by atoms with E-state index in [0.717, 1.165) is 0 Å². The fourth-order valence-electron chi connectivity index (χ4n) is 3.36. The van der Waals surface area contributed by atoms with Crippen molar-refractivity contribution in [2.45, 2.75) is 19.5 Å². The lowest BCUT2D eigenvalue weighted by Crippen LogP contribution is -2.33. The summed E-state index contributed by atoms with van der Waals surface area (Å²) in [5.41, 5.74) is 1.84. The van der Waals surface area contributed by atoms with Crippen molar-refractivity contribution in [2.75, 3.05) is 5.32 Å². The molecule has 0 saturated carbocycles. The predicted molar refractivity (Wildman–Crippen MR) is 92.8 cm³/mol. The molecule has 1 aromatic carbocycles. The van der Waals surface area contributed by atoms with Crippen LogP contribution in [0.1, 0.15) is 18.5 Å². The summed E-state index contributed by atoms with van der Waals surface area (Å²) in [4.78, 5) is 24.4. The monoisotopic (exact) mass is 353 g/mol. The third-order valence-electron chi connectivity index (χ3n) is 4.40. The number of nitrogens with one attached hydrogen (secondary N) is 1. The van der Waals surface area contributed by atoms with Crippen LogP contribution < -0.4 is 10.9 Å². The number of hydrogen-bond acceptors (Lipinski definition) is 6. The second-order valence-corrected chi connectivity index (χ2v) is 5.93. The highest BCUT2D eigenvalue weighted by Crippen LogP contribution is 2.38. The van der Waals surface area contributed by atoms with Gasteiger partial charge < -0.3 is 10.4 Å². The molecule has 132 valence electrons. The van der Waals surface area contributed by atoms with Gasteiger partial charge in [-0.3, -0.25) is 9.48 Å². The van der Waals surface area contributed by atoms with Crippen molar-refractivity contribution < 1.29 is 14.5 Å². The highest BCUT2D eigenvalue weighted by molar-refractivity contribution is 5.92. The number of nitrogens with zero attached hydrogens (tertiary/aromatic N) is 4. The number of carbonyl (C=O) groups is 1. The van der Waals surface area contributed by atoms with Crippen LogP contribution in [-0.2, 0) is 11.3 Å². The number of carboxylic acid groups (broad SMARTS) is 1. The lowest BCUT2D eigenvalue weighted by Gasteiger charge is -2.31. The normalized spacial score (nSPS) is 16.4. The Balaban J connectivity index is 2.08. The van der Waals surface area contributed by atoms with E-state index in [9.17, 15) is 14.7 Å². The van der Waals surface area contributed by atoms with Gasteiger partial charge in [-0.1, -0.05) is 18.2 Å². The van der Waals surface area contributed by atoms with Crippen LogP contribution in [-0.4, -0.2) is 30.8 Å². The minimum atomic E-state index is -1.09. The van der Waals surface area contributed by atoms with E-state index in [2.05, 4.69) is 22.2 Å². The van der Waals surface area contributed by atoms with Gasteiger partial charge in [0.25, 0.3) is 5.56 Å². The molecule has 9 heteroatoms. The van der Waals surface area contributed by atoms with Crippen molar-refractivity contribution in [3.63, 3.8) is 0 Å². The zero-order chi connectivity index (χ0) is 18.4. The lowest BCUT2D eigenvalue weighted by molar-refractivity contribution is -0.133. The van der Waals surface area contributed by atoms with E-state index in [1.54, 1.807) is 35.9 Å². The number of anilines is 1. The number of aliphatic carboxylic acids is 1. The molecule has 1 aliphatic heterocycles. The van der Waals surface area contributed by atoms with Gasteiger partial charge in [0.2, 0.25) is 0 Å². The van der Waals surface area contributed by atoms with Crippen LogP contribution in [0.15, 0.2) is 57.6 Å². The van der Waals surface area contributed by atoms with E-state index in [1.807, 2.05) is 0 Å². The summed E-state index contributed by atoms with van der Waals surface area (Å²) in [6.45, 7) is 5.57. The number of aromatic nitrogens is 4. The lowest BCUT2D eigenvalue weighted by atomic mass is 9.94. The topological polar surface area (TPSA) is 115 Å². The first-order chi connectivity index (χ1) is 12.5. The zero-order valence-corrected chi connectivity index (χ0v) is 13.8. The highest BCUT2D eigenvalue weighted by Gasteiger charge is 2.35. The highest BCUT2D eigenvalue weighted by atomic mass is 16.6. The van der Waals surface area contributed by atoms with E-state index in [4.69, 9.17) is 4.63 Å². The van der Waals surface area contributed by atoms with E-state index >= 15 is 0 Å². The minimum absolute atomic E-state index is 0.112. The van der Waals surface area contributed by atoms with Crippen LogP contribution in [0.5, 0.6) is 0 Å². The number of hydrogen-bond donors (Lipinski definition) is 2. The summed E-state index contributed by atoms with van der Waals surface area (Å²) >= 11 is 0. The van der Waals surface area contributed by atoms with Crippen LogP contribution in [0, 0.1) is 0 Å². The Morgan fingerprint density at radius 2 is 2.27 bits per heavy atom. The summed E-state index contributed by atoms with van der Waals surface area (Å²) in [7, 11) is 0. The molecular formula is C17H15N5O4. The molecule has 0 aliphatic carbocycles. The first kappa shape index (κ1) is 15.9. The molecule has 9 nitrogen and oxygen atoms in total. The van der Waals surface area contributed by atoms with Crippen LogP contribution in [0.25, 0.3) is 11.0 Å². The Labute approximate surface area is 146 Å². The fraction of sp³-hybridized carbons (Fsp3) is 0.176. The molecule has 0 radical (unpaired) electrons. The van der Waals surface area contributed by atoms with Gasteiger partial charge in [-0.2, -0.15) is 0 Å². The van der Waals surface area contributed by atoms with Gasteiger partial charge in [-0.15, -0.1) is 6.58 Å². The maximum absolute atomic E-state index is 12.4. The average Bonchev–Trinajstić information content (AvgIpc) is 3.18. The van der Waals surface area contributed by atoms with Crippen LogP contribution >= 0.6 is 0 Å². The van der Waals surface area contributed by atoms with Gasteiger partial charge in [0.15, 0.2) is 0 Å². The molecule has 0 fully saturated rings. The van der Waals surface area contributed by atoms with Crippen molar-refractivity contribution in [1.29, 1.82) is 0 Å². The first-order valence-electron chi connectivity index (χ1n) is 7.88. The Hall–Kier alpha value is -3.62. The predicted octanol–water partition coefficient (Wildman–Crippen LogP) is 1.75. The number of carboxylic acids is 1. The molecule has 1 aliphatic rings. The van der Waals surface area contributed by atoms with E-state index in [1.165, 1.54) is 10.7 Å². The summed E-state index contributed by atoms with van der Waals surface area (Å²) < 4.78 is 7.86. The van der Waals surface area contributed by atoms with E-state index in [-0.39, 0.29) is 17.7 Å². The molecule has 3 heterocycles. The largest absolute Gasteiger partial charge is 0.478 e. The molecule has 2 aromatic heterocycles. The van der Waals surface area contributed by atoms with Crippen molar-refractivity contribution in [3.8, 4) is 0 Å². The van der Waals surface area contributed by atoms with Gasteiger partial charge in [0.1, 0.15) is 22.9 Å². The van der Waals surface area contributed by atoms with Gasteiger partial charge in [0.05, 0.1) is 12.1 Å². The van der Waals surface area contributed by atoms with Crippen LogP contribution in [0.2, 0.25) is 0 Å². The molecule has 1 unspecified atom stereocenters. The quantitative estimate of drug-likeness (QED) is 0.687. The zero-order valence-electron chi connectivity index (χ0n) is 13.8. The number of benzene rings is 1. The Morgan fingerprint density at radius 1 is 1.46 bits per heavy atom. The van der Waals surface area contributed by atoms with Crippen molar-refractivity contribution in [1.82, 2.24) is 19.7 Å². The molecule has 3 aromatic rings. The smallest absolute Gasteiger partial charge is 0.335 e. The third kappa shape index (κ3) is 2.17. The molecule has 0 saturated heterocycles. The second-order valence-electron chi connectivity index (χ2n) is 5.93. The standard InChI is InChI=1S/C17H15N5O4/c1-3-7-21-13(23)8-12-18-9(2)14(17(24)25)16(22(12)21)10-5-4-6-11-15(10)20-26-19-11/h3-6,8,16,18H,1,7H2,2H3,(H,24,25). The minimum Gasteiger partial charge on any atom is -0.478 e. The summed E-state index contributed by atoms with van der Waals surface area (Å²) in [5, 5.41) is 20.6. The molecule has 0 bridgehead atoms. The molecule has 1 atom stereocenters. The molecule has 4 rings (SSSR count). The maximum Gasteiger partial charge on any atom is 0.335 e. The Kier molecular flexibility index (Phi) is 3.50. The number of fused-ring (bicyclic) bond motifs is 2. The Morgan fingerprint density at radius 3 is 3.00 bits per heavy atom. The Bertz CT molecular complexity index is 1130. The number of allylic oxidation sites excluding steroid dienone is 2. The maximum atomic E-state index is 12.4. The molecule has 0 spiro atoms. The van der Waals surface area contributed by atoms with Crippen molar-refractivity contribution in [3.05, 3.63) is 64.1 Å². The first-order valence-corrected chi connectivity index (χ1v) is 7.88. The second kappa shape index (κ2) is 5.73. The van der Waals surface area contributed by atoms with Crippen molar-refractivity contribution in [2.24, 2.45) is 0 Å². The third-order valence-corrected chi connectivity index (χ3v) is 4.40. The summed E-state index contributed by atoms with van der Waals surface area (Å²) in [6, 6.07) is 5.88. The van der Waals surface area contributed by atoms with Gasteiger partial charge in [-0.05, 0) is 23.3 Å². The van der Waals surface area contributed by atoms with Gasteiger partial charge >= 0.3 is 5.97 Å². The molecule has 26 heavy (non-hydrogen) atoms. The average molecular weight is 353 g/mol. The van der Waals surface area contributed by atoms with E-state index < -0.39 is 12.0 Å². The van der Waals surface area contributed by atoms with E-state index in [0.29, 0.717) is 28.1 Å². The molecule has 2 N–H and O–H groups in total. The van der Waals surface area contributed by atoms with Gasteiger partial charge in [-0.25, -0.2) is 14.1 Å². The van der Waals surface area contributed by atoms with Crippen LogP contribution in [0.3, 0.4) is 0 Å². The SMILES string of the molecule is C=CCn1c(=O)cc2n1C(c1cccc3nonc13)C(C(=O)O)=C(C)N2. The molecular weight excluding hydrogens is 338 g/mol. The van der Waals surface area contributed by atoms with Crippen LogP contribution in [0.4, 0.5) is 5.82 Å². The summed E-state index contributed by atoms with van der Waals surface area (Å²) in [6.07, 6.45) is 1.58. The summed E-state index contributed by atoms with van der Waals surface area (Å²) in [5.74, 6) is -0.594. The van der Waals surface area contributed by atoms with Crippen molar-refractivity contribution >= 4 is 22.8 Å². The number of rotatable bonds is 4. The van der Waals surface area contributed by atoms with Gasteiger partial charge in [0, 0.05) is 17.3 Å². The fourth-order valence-corrected chi connectivity index (χ4v) is 3.36.